The molecule has 16 nitrogen and oxygen atoms in total. The van der Waals surface area contributed by atoms with E-state index in [-0.39, 0.29) is 35.0 Å². The van der Waals surface area contributed by atoms with Gasteiger partial charge in [0, 0.05) is 25.2 Å². The van der Waals surface area contributed by atoms with E-state index in [2.05, 4.69) is 21.3 Å². The summed E-state index contributed by atoms with van der Waals surface area (Å²) in [6, 6.07) is 25.4. The molecular formula is C38H50N4O12S. The molecule has 10 N–H and O–H groups in total. The highest BCUT2D eigenvalue weighted by Crippen LogP contribution is 2.28. The Balaban J connectivity index is 0.000000338. The Morgan fingerprint density at radius 2 is 0.945 bits per heavy atom. The first-order chi connectivity index (χ1) is 26.1. The lowest BCUT2D eigenvalue weighted by Crippen LogP contribution is -2.32. The molecule has 0 fully saturated rings. The lowest BCUT2D eigenvalue weighted by molar-refractivity contribution is -0.106. The molecule has 55 heavy (non-hydrogen) atoms. The van der Waals surface area contributed by atoms with E-state index in [1.54, 1.807) is 38.5 Å². The van der Waals surface area contributed by atoms with Crippen molar-refractivity contribution in [1.29, 1.82) is 0 Å². The second-order valence-corrected chi connectivity index (χ2v) is 13.2. The van der Waals surface area contributed by atoms with Gasteiger partial charge in [-0.05, 0) is 97.5 Å². The Bertz CT molecular complexity index is 1730. The number of carbonyl (C=O) groups excluding carboxylic acids is 2. The van der Waals surface area contributed by atoms with E-state index >= 15 is 0 Å². The van der Waals surface area contributed by atoms with E-state index in [0.717, 1.165) is 24.3 Å². The molecule has 0 aliphatic carbocycles. The number of rotatable bonds is 18. The molecule has 0 heterocycles. The average Bonchev–Trinajstić information content (AvgIpc) is 3.15. The van der Waals surface area contributed by atoms with Crippen LogP contribution in [0.25, 0.3) is 0 Å². The minimum atomic E-state index is -4.67. The summed E-state index contributed by atoms with van der Waals surface area (Å²) in [5.74, 6) is 1.58. The molecule has 0 aliphatic heterocycles. The molecule has 300 valence electrons. The van der Waals surface area contributed by atoms with Gasteiger partial charge in [0.1, 0.15) is 23.0 Å². The van der Waals surface area contributed by atoms with E-state index in [1.165, 1.54) is 23.3 Å². The van der Waals surface area contributed by atoms with Crippen molar-refractivity contribution in [3.63, 3.8) is 0 Å². The molecule has 0 aromatic heterocycles. The molecule has 0 saturated carbocycles. The first-order valence-electron chi connectivity index (χ1n) is 16.9. The van der Waals surface area contributed by atoms with Crippen LogP contribution in [0.1, 0.15) is 48.3 Å². The zero-order valence-corrected chi connectivity index (χ0v) is 31.7. The van der Waals surface area contributed by atoms with Crippen molar-refractivity contribution >= 4 is 34.6 Å². The molecule has 17 heteroatoms. The molecule has 0 unspecified atom stereocenters. The number of hydrogen-bond acceptors (Lipinski definition) is 12. The Hall–Kier alpha value is -5.27. The number of phenolic OH excluding ortho intramolecular Hbond substituents is 2. The smallest absolute Gasteiger partial charge is 0.394 e. The first kappa shape index (κ1) is 45.9. The van der Waals surface area contributed by atoms with Crippen LogP contribution in [0.2, 0.25) is 0 Å². The van der Waals surface area contributed by atoms with Gasteiger partial charge in [-0.3, -0.25) is 18.7 Å². The monoisotopic (exact) mass is 786 g/mol. The van der Waals surface area contributed by atoms with Gasteiger partial charge in [0.2, 0.25) is 12.8 Å². The van der Waals surface area contributed by atoms with E-state index in [0.29, 0.717) is 37.0 Å². The fraction of sp³-hybridized carbons (Fsp3) is 0.316. The summed E-state index contributed by atoms with van der Waals surface area (Å²) in [5.41, 5.74) is 4.14. The van der Waals surface area contributed by atoms with Crippen molar-refractivity contribution in [2.45, 2.75) is 51.0 Å². The van der Waals surface area contributed by atoms with E-state index < -0.39 is 22.6 Å². The maximum atomic E-state index is 10.5. The topological polar surface area (TPSA) is 256 Å². The van der Waals surface area contributed by atoms with Gasteiger partial charge in [0.25, 0.3) is 0 Å². The number of methoxy groups -OCH3 is 2. The molecule has 0 radical (unpaired) electrons. The number of ether oxygens (including phenoxy) is 2. The highest BCUT2D eigenvalue weighted by molar-refractivity contribution is 7.79. The van der Waals surface area contributed by atoms with Crippen molar-refractivity contribution in [3.05, 3.63) is 107 Å². The second-order valence-electron chi connectivity index (χ2n) is 12.3. The average molecular weight is 787 g/mol. The van der Waals surface area contributed by atoms with Gasteiger partial charge in [-0.25, -0.2) is 0 Å². The molecule has 0 spiro atoms. The molecule has 4 atom stereocenters. The normalized spacial score (nSPS) is 12.9. The van der Waals surface area contributed by atoms with Crippen LogP contribution in [-0.4, -0.2) is 90.2 Å². The summed E-state index contributed by atoms with van der Waals surface area (Å²) in [7, 11) is -1.39. The largest absolute Gasteiger partial charge is 0.506 e. The van der Waals surface area contributed by atoms with Crippen LogP contribution in [-0.2, 0) is 32.8 Å². The van der Waals surface area contributed by atoms with Crippen LogP contribution in [0.15, 0.2) is 84.9 Å². The highest BCUT2D eigenvalue weighted by Gasteiger charge is 2.14. The summed E-state index contributed by atoms with van der Waals surface area (Å²) >= 11 is 0. The maximum absolute atomic E-state index is 10.5. The summed E-state index contributed by atoms with van der Waals surface area (Å²) in [6.07, 6.45) is 1.13. The molecule has 2 amide bonds. The van der Waals surface area contributed by atoms with Crippen LogP contribution >= 0.6 is 0 Å². The quantitative estimate of drug-likeness (QED) is 0.0391. The summed E-state index contributed by atoms with van der Waals surface area (Å²) < 4.78 is 41.9. The number of aliphatic hydroxyl groups is 2. The second kappa shape index (κ2) is 23.5. The van der Waals surface area contributed by atoms with Gasteiger partial charge >= 0.3 is 10.4 Å². The van der Waals surface area contributed by atoms with Crippen molar-refractivity contribution in [3.8, 4) is 23.0 Å². The molecule has 4 aromatic carbocycles. The van der Waals surface area contributed by atoms with Gasteiger partial charge in [-0.1, -0.05) is 36.4 Å². The van der Waals surface area contributed by atoms with Crippen molar-refractivity contribution in [2.75, 3.05) is 37.9 Å². The van der Waals surface area contributed by atoms with E-state index in [9.17, 15) is 30.0 Å². The molecule has 0 saturated heterocycles. The summed E-state index contributed by atoms with van der Waals surface area (Å²) in [5, 5.41) is 51.3. The number of phenols is 2. The van der Waals surface area contributed by atoms with Gasteiger partial charge in [0.15, 0.2) is 0 Å². The Morgan fingerprint density at radius 3 is 1.24 bits per heavy atom. The van der Waals surface area contributed by atoms with Crippen molar-refractivity contribution < 1.29 is 57.0 Å². The lowest BCUT2D eigenvalue weighted by atomic mass is 10.1. The van der Waals surface area contributed by atoms with Gasteiger partial charge < -0.3 is 51.2 Å². The molecule has 0 aliphatic rings. The number of benzene rings is 4. The number of amides is 2. The van der Waals surface area contributed by atoms with Crippen LogP contribution in [0.4, 0.5) is 11.4 Å². The Kier molecular flexibility index (Phi) is 19.6. The molecular weight excluding hydrogens is 737 g/mol. The molecule has 0 bridgehead atoms. The summed E-state index contributed by atoms with van der Waals surface area (Å²) in [4.78, 5) is 21.1. The Labute approximate surface area is 320 Å². The zero-order chi connectivity index (χ0) is 41.0. The van der Waals surface area contributed by atoms with Crippen LogP contribution in [0.5, 0.6) is 23.0 Å². The molecule has 4 rings (SSSR count). The van der Waals surface area contributed by atoms with Crippen molar-refractivity contribution in [2.24, 2.45) is 0 Å². The first-order valence-corrected chi connectivity index (χ1v) is 18.3. The minimum Gasteiger partial charge on any atom is -0.506 e. The van der Waals surface area contributed by atoms with Crippen LogP contribution < -0.4 is 30.7 Å². The number of hydrogen-bond donors (Lipinski definition) is 10. The van der Waals surface area contributed by atoms with Gasteiger partial charge in [0.05, 0.1) is 37.8 Å². The van der Waals surface area contributed by atoms with Crippen molar-refractivity contribution in [1.82, 2.24) is 10.6 Å². The number of aliphatic hydroxyl groups excluding tert-OH is 2. The number of anilines is 2. The minimum absolute atomic E-state index is 0.0381. The predicted molar refractivity (Wildman–Crippen MR) is 208 cm³/mol. The van der Waals surface area contributed by atoms with Gasteiger partial charge in [-0.15, -0.1) is 0 Å². The Morgan fingerprint density at radius 1 is 0.618 bits per heavy atom. The number of nitrogens with one attached hydrogen (secondary N) is 4. The number of carbonyl (C=O) groups is 2. The SMILES string of the molecule is COc1ccc(C[C@H](C)NC[C@@H](O)c2ccc(O)c(NC=O)c2)cc1.COc1ccc(C[C@H](C)NC[C@@H](O)c2ccc(O)c(NC=O)c2)cc1.O=S(=O)(O)O. The fourth-order valence-electron chi connectivity index (χ4n) is 5.12. The zero-order valence-electron chi connectivity index (χ0n) is 30.9. The fourth-order valence-corrected chi connectivity index (χ4v) is 5.12. The predicted octanol–water partition coefficient (Wildman–Crippen LogP) is 3.79. The number of aromatic hydroxyl groups is 2. The highest BCUT2D eigenvalue weighted by atomic mass is 32.3. The lowest BCUT2D eigenvalue weighted by Gasteiger charge is -2.18. The van der Waals surface area contributed by atoms with E-state index in [1.807, 2.05) is 62.4 Å². The third-order valence-electron chi connectivity index (χ3n) is 7.96. The molecule has 4 aromatic rings. The maximum Gasteiger partial charge on any atom is 0.394 e. The third kappa shape index (κ3) is 18.1. The van der Waals surface area contributed by atoms with Crippen LogP contribution in [0.3, 0.4) is 0 Å². The van der Waals surface area contributed by atoms with Gasteiger partial charge in [-0.2, -0.15) is 8.42 Å². The van der Waals surface area contributed by atoms with E-state index in [4.69, 9.17) is 27.0 Å². The standard InChI is InChI=1S/2C19H24N2O4.H2O4S/c2*1-13(9-14-3-6-16(25-2)7-4-14)20-11-19(24)15-5-8-18(23)17(10-15)21-12-22;1-5(2,3)4/h2*3-8,10,12-13,19-20,23-24H,9,11H2,1-2H3,(H,21,22);(H2,1,2,3,4)/t2*13-,19+;/m00./s1. The van der Waals surface area contributed by atoms with Crippen LogP contribution in [0, 0.1) is 0 Å². The third-order valence-corrected chi connectivity index (χ3v) is 7.96. The summed E-state index contributed by atoms with van der Waals surface area (Å²) in [6.45, 7) is 4.82.